The lowest BCUT2D eigenvalue weighted by Gasteiger charge is -2.34. The van der Waals surface area contributed by atoms with Gasteiger partial charge in [-0.1, -0.05) is 12.1 Å². The normalized spacial score (nSPS) is 20.8. The van der Waals surface area contributed by atoms with Gasteiger partial charge in [-0.3, -0.25) is 0 Å². The van der Waals surface area contributed by atoms with Gasteiger partial charge in [0.2, 0.25) is 0 Å². The molecular weight excluding hydrogens is 296 g/mol. The molecule has 0 bridgehead atoms. The molecule has 3 N–H and O–H groups in total. The summed E-state index contributed by atoms with van der Waals surface area (Å²) in [5.41, 5.74) is 1.10. The van der Waals surface area contributed by atoms with Crippen molar-refractivity contribution >= 4 is 12.0 Å². The van der Waals surface area contributed by atoms with Gasteiger partial charge < -0.3 is 20.4 Å². The van der Waals surface area contributed by atoms with Crippen LogP contribution in [0.5, 0.6) is 0 Å². The van der Waals surface area contributed by atoms with Crippen molar-refractivity contribution in [3.05, 3.63) is 35.4 Å². The number of urea groups is 1. The predicted octanol–water partition coefficient (Wildman–Crippen LogP) is 2.08. The van der Waals surface area contributed by atoms with Crippen molar-refractivity contribution < 1.29 is 19.8 Å². The summed E-state index contributed by atoms with van der Waals surface area (Å²) >= 11 is 0. The quantitative estimate of drug-likeness (QED) is 0.775. The molecule has 1 aromatic rings. The van der Waals surface area contributed by atoms with E-state index in [0.29, 0.717) is 12.5 Å². The van der Waals surface area contributed by atoms with Crippen LogP contribution in [0.15, 0.2) is 24.3 Å². The van der Waals surface area contributed by atoms with Gasteiger partial charge in [-0.05, 0) is 49.3 Å². The third-order valence-corrected chi connectivity index (χ3v) is 4.59. The molecule has 0 heterocycles. The van der Waals surface area contributed by atoms with Crippen molar-refractivity contribution in [1.82, 2.24) is 10.2 Å². The molecule has 6 nitrogen and oxygen atoms in total. The van der Waals surface area contributed by atoms with Crippen LogP contribution >= 0.6 is 0 Å². The zero-order valence-corrected chi connectivity index (χ0v) is 13.4. The lowest BCUT2D eigenvalue weighted by atomic mass is 9.86. The Morgan fingerprint density at radius 1 is 1.17 bits per heavy atom. The smallest absolute Gasteiger partial charge is 0.335 e. The van der Waals surface area contributed by atoms with E-state index in [1.807, 2.05) is 0 Å². The number of amides is 2. The van der Waals surface area contributed by atoms with Gasteiger partial charge in [0.25, 0.3) is 0 Å². The number of aliphatic hydroxyl groups is 1. The van der Waals surface area contributed by atoms with Gasteiger partial charge in [0.1, 0.15) is 0 Å². The molecule has 1 aliphatic carbocycles. The van der Waals surface area contributed by atoms with Crippen LogP contribution in [-0.4, -0.2) is 46.8 Å². The lowest BCUT2D eigenvalue weighted by Crippen LogP contribution is -2.45. The molecule has 0 spiro atoms. The molecule has 0 aliphatic heterocycles. The number of nitrogens with zero attached hydrogens (tertiary/aromatic N) is 1. The maximum Gasteiger partial charge on any atom is 0.335 e. The van der Waals surface area contributed by atoms with E-state index < -0.39 is 5.97 Å². The van der Waals surface area contributed by atoms with Gasteiger partial charge in [-0.15, -0.1) is 0 Å². The second kappa shape index (κ2) is 7.97. The Kier molecular flexibility index (Phi) is 5.98. The number of rotatable bonds is 5. The van der Waals surface area contributed by atoms with Gasteiger partial charge in [-0.25, -0.2) is 9.59 Å². The Morgan fingerprint density at radius 3 is 2.30 bits per heavy atom. The molecule has 6 heteroatoms. The van der Waals surface area contributed by atoms with Gasteiger partial charge in [0, 0.05) is 26.2 Å². The van der Waals surface area contributed by atoms with Crippen LogP contribution in [0.1, 0.15) is 41.6 Å². The first-order valence-corrected chi connectivity index (χ1v) is 7.95. The average Bonchev–Trinajstić information content (AvgIpc) is 2.59. The van der Waals surface area contributed by atoms with E-state index in [4.69, 9.17) is 10.2 Å². The number of carboxylic acids is 1. The maximum atomic E-state index is 12.2. The number of aliphatic hydroxyl groups excluding tert-OH is 1. The molecule has 2 amide bonds. The highest BCUT2D eigenvalue weighted by molar-refractivity contribution is 5.87. The van der Waals surface area contributed by atoms with Crippen molar-refractivity contribution in [1.29, 1.82) is 0 Å². The first-order valence-electron chi connectivity index (χ1n) is 7.95. The Hall–Kier alpha value is -2.08. The monoisotopic (exact) mass is 320 g/mol. The van der Waals surface area contributed by atoms with Gasteiger partial charge in [0.15, 0.2) is 0 Å². The number of hydrogen-bond acceptors (Lipinski definition) is 3. The van der Waals surface area contributed by atoms with E-state index >= 15 is 0 Å². The summed E-state index contributed by atoms with van der Waals surface area (Å²) < 4.78 is 0. The molecule has 1 saturated carbocycles. The minimum absolute atomic E-state index is 0.125. The first kappa shape index (κ1) is 17.3. The fourth-order valence-corrected chi connectivity index (χ4v) is 2.95. The molecule has 1 aromatic carbocycles. The largest absolute Gasteiger partial charge is 0.478 e. The summed E-state index contributed by atoms with van der Waals surface area (Å²) in [6.07, 6.45) is 3.75. The summed E-state index contributed by atoms with van der Waals surface area (Å²) in [5, 5.41) is 20.9. The fourth-order valence-electron chi connectivity index (χ4n) is 2.95. The van der Waals surface area contributed by atoms with Gasteiger partial charge in [0.05, 0.1) is 5.56 Å². The van der Waals surface area contributed by atoms with Crippen LogP contribution < -0.4 is 5.32 Å². The summed E-state index contributed by atoms with van der Waals surface area (Å²) in [5.74, 6) is -0.589. The lowest BCUT2D eigenvalue weighted by molar-refractivity contribution is 0.0696. The molecule has 0 atom stereocenters. The molecule has 0 aromatic heterocycles. The van der Waals surface area contributed by atoms with Crippen molar-refractivity contribution in [2.45, 2.75) is 38.3 Å². The number of carbonyl (C=O) groups is 2. The van der Waals surface area contributed by atoms with Crippen LogP contribution in [0.3, 0.4) is 0 Å². The highest BCUT2D eigenvalue weighted by Crippen LogP contribution is 2.26. The second-order valence-corrected chi connectivity index (χ2v) is 6.13. The molecule has 23 heavy (non-hydrogen) atoms. The summed E-state index contributed by atoms with van der Waals surface area (Å²) in [7, 11) is 1.80. The molecule has 2 rings (SSSR count). The second-order valence-electron chi connectivity index (χ2n) is 6.13. The van der Waals surface area contributed by atoms with E-state index in [0.717, 1.165) is 31.2 Å². The van der Waals surface area contributed by atoms with Gasteiger partial charge in [-0.2, -0.15) is 0 Å². The summed E-state index contributed by atoms with van der Waals surface area (Å²) in [4.78, 5) is 24.7. The summed E-state index contributed by atoms with van der Waals surface area (Å²) in [6, 6.07) is 6.56. The Balaban J connectivity index is 1.81. The Bertz CT molecular complexity index is 536. The third kappa shape index (κ3) is 4.69. The number of hydrogen-bond donors (Lipinski definition) is 3. The minimum Gasteiger partial charge on any atom is -0.478 e. The molecule has 126 valence electrons. The van der Waals surface area contributed by atoms with E-state index in [-0.39, 0.29) is 24.2 Å². The van der Waals surface area contributed by atoms with Crippen LogP contribution in [0.4, 0.5) is 4.79 Å². The summed E-state index contributed by atoms with van der Waals surface area (Å²) in [6.45, 7) is 0.601. The number of carboxylic acid groups (broad SMARTS) is 1. The number of benzene rings is 1. The number of aromatic carboxylic acids is 1. The zero-order valence-electron chi connectivity index (χ0n) is 13.4. The van der Waals surface area contributed by atoms with E-state index in [9.17, 15) is 9.59 Å². The highest BCUT2D eigenvalue weighted by Gasteiger charge is 2.26. The number of carbonyl (C=O) groups excluding carboxylic acids is 1. The topological polar surface area (TPSA) is 89.9 Å². The first-order chi connectivity index (χ1) is 11.0. The maximum absolute atomic E-state index is 12.2. The van der Waals surface area contributed by atoms with Crippen LogP contribution in [0, 0.1) is 5.92 Å². The molecule has 0 radical (unpaired) electrons. The minimum atomic E-state index is -0.959. The highest BCUT2D eigenvalue weighted by atomic mass is 16.4. The van der Waals surface area contributed by atoms with E-state index in [1.54, 1.807) is 24.1 Å². The Morgan fingerprint density at radius 2 is 1.78 bits per heavy atom. The average molecular weight is 320 g/mol. The van der Waals surface area contributed by atoms with Crippen LogP contribution in [-0.2, 0) is 6.54 Å². The zero-order chi connectivity index (χ0) is 16.8. The third-order valence-electron chi connectivity index (χ3n) is 4.59. The van der Waals surface area contributed by atoms with Crippen molar-refractivity contribution in [2.75, 3.05) is 13.7 Å². The standard InChI is InChI=1S/C17H24N2O4/c1-19(15-8-4-13(11-20)5-9-15)17(23)18-10-12-2-6-14(7-3-12)16(21)22/h2-3,6-7,13,15,20H,4-5,8-11H2,1H3,(H,18,23)(H,21,22). The van der Waals surface area contributed by atoms with E-state index in [1.165, 1.54) is 12.1 Å². The molecule has 1 fully saturated rings. The Labute approximate surface area is 136 Å². The van der Waals surface area contributed by atoms with Crippen LogP contribution in [0.25, 0.3) is 0 Å². The van der Waals surface area contributed by atoms with E-state index in [2.05, 4.69) is 5.32 Å². The SMILES string of the molecule is CN(C(=O)NCc1ccc(C(=O)O)cc1)C1CCC(CO)CC1. The molecule has 0 unspecified atom stereocenters. The van der Waals surface area contributed by atoms with Crippen LogP contribution in [0.2, 0.25) is 0 Å². The van der Waals surface area contributed by atoms with Crippen molar-refractivity contribution in [2.24, 2.45) is 5.92 Å². The van der Waals surface area contributed by atoms with Crippen molar-refractivity contribution in [3.63, 3.8) is 0 Å². The fraction of sp³-hybridized carbons (Fsp3) is 0.529. The van der Waals surface area contributed by atoms with Crippen molar-refractivity contribution in [3.8, 4) is 0 Å². The molecular formula is C17H24N2O4. The van der Waals surface area contributed by atoms with Gasteiger partial charge >= 0.3 is 12.0 Å². The predicted molar refractivity (Wildman–Crippen MR) is 86.2 cm³/mol. The molecule has 1 aliphatic rings. The number of nitrogens with one attached hydrogen (secondary N) is 1. The molecule has 0 saturated heterocycles.